The minimum Gasteiger partial charge on any atom is -0.370 e. The zero-order valence-electron chi connectivity index (χ0n) is 14.6. The second kappa shape index (κ2) is 7.65. The molecule has 0 bridgehead atoms. The van der Waals surface area contributed by atoms with Crippen LogP contribution in [0.5, 0.6) is 0 Å². The van der Waals surface area contributed by atoms with Crippen LogP contribution < -0.4 is 10.6 Å². The summed E-state index contributed by atoms with van der Waals surface area (Å²) < 4.78 is 38.5. The van der Waals surface area contributed by atoms with Gasteiger partial charge in [-0.05, 0) is 36.8 Å². The van der Waals surface area contributed by atoms with Crippen LogP contribution in [0, 0.1) is 0 Å². The summed E-state index contributed by atoms with van der Waals surface area (Å²) in [5.74, 6) is 0.200. The molecule has 0 aliphatic rings. The SMILES string of the molecule is CCNc1cc(C(=O)NCc2cccc(C(F)(F)F)c2)c2ccccc2n1. The number of amides is 1. The van der Waals surface area contributed by atoms with Crippen molar-refractivity contribution in [1.82, 2.24) is 10.3 Å². The highest BCUT2D eigenvalue weighted by Gasteiger charge is 2.30. The van der Waals surface area contributed by atoms with E-state index in [2.05, 4.69) is 15.6 Å². The van der Waals surface area contributed by atoms with Gasteiger partial charge in [-0.1, -0.05) is 30.3 Å². The van der Waals surface area contributed by atoms with E-state index in [4.69, 9.17) is 0 Å². The number of anilines is 1. The maximum atomic E-state index is 12.8. The van der Waals surface area contributed by atoms with Crippen LogP contribution in [0.2, 0.25) is 0 Å². The van der Waals surface area contributed by atoms with Crippen molar-refractivity contribution >= 4 is 22.6 Å². The molecule has 1 aromatic heterocycles. The quantitative estimate of drug-likeness (QED) is 0.686. The predicted octanol–water partition coefficient (Wildman–Crippen LogP) is 4.62. The van der Waals surface area contributed by atoms with Crippen LogP contribution in [-0.4, -0.2) is 17.4 Å². The van der Waals surface area contributed by atoms with E-state index in [0.717, 1.165) is 12.1 Å². The highest BCUT2D eigenvalue weighted by atomic mass is 19.4. The summed E-state index contributed by atoms with van der Waals surface area (Å²) in [5, 5.41) is 6.45. The fraction of sp³-hybridized carbons (Fsp3) is 0.200. The predicted molar refractivity (Wildman–Crippen MR) is 98.5 cm³/mol. The molecule has 0 radical (unpaired) electrons. The van der Waals surface area contributed by atoms with Gasteiger partial charge in [0.15, 0.2) is 0 Å². The number of hydrogen-bond donors (Lipinski definition) is 2. The fourth-order valence-corrected chi connectivity index (χ4v) is 2.77. The molecule has 2 N–H and O–H groups in total. The lowest BCUT2D eigenvalue weighted by Crippen LogP contribution is -2.23. The van der Waals surface area contributed by atoms with Gasteiger partial charge in [0.25, 0.3) is 5.91 Å². The van der Waals surface area contributed by atoms with Gasteiger partial charge in [0.2, 0.25) is 0 Å². The third-order valence-electron chi connectivity index (χ3n) is 4.03. The number of pyridine rings is 1. The molecule has 140 valence electrons. The van der Waals surface area contributed by atoms with Crippen LogP contribution in [0.25, 0.3) is 10.9 Å². The van der Waals surface area contributed by atoms with Crippen molar-refractivity contribution in [3.8, 4) is 0 Å². The normalized spacial score (nSPS) is 11.4. The van der Waals surface area contributed by atoms with Gasteiger partial charge in [-0.2, -0.15) is 13.2 Å². The van der Waals surface area contributed by atoms with Crippen LogP contribution in [-0.2, 0) is 12.7 Å². The van der Waals surface area contributed by atoms with Crippen LogP contribution in [0.1, 0.15) is 28.4 Å². The summed E-state index contributed by atoms with van der Waals surface area (Å²) in [4.78, 5) is 17.1. The van der Waals surface area contributed by atoms with Crippen molar-refractivity contribution < 1.29 is 18.0 Å². The van der Waals surface area contributed by atoms with Crippen molar-refractivity contribution in [3.05, 3.63) is 71.3 Å². The number of halogens is 3. The average Bonchev–Trinajstić information content (AvgIpc) is 2.65. The largest absolute Gasteiger partial charge is 0.416 e. The molecule has 0 aliphatic heterocycles. The Morgan fingerprint density at radius 3 is 2.59 bits per heavy atom. The van der Waals surface area contributed by atoms with E-state index in [9.17, 15) is 18.0 Å². The fourth-order valence-electron chi connectivity index (χ4n) is 2.77. The monoisotopic (exact) mass is 373 g/mol. The molecular formula is C20H18F3N3O. The van der Waals surface area contributed by atoms with Gasteiger partial charge in [-0.25, -0.2) is 4.98 Å². The number of carbonyl (C=O) groups excluding carboxylic acids is 1. The molecule has 3 aromatic rings. The maximum absolute atomic E-state index is 12.8. The number of rotatable bonds is 5. The van der Waals surface area contributed by atoms with E-state index in [1.807, 2.05) is 13.0 Å². The number of alkyl halides is 3. The number of hydrogen-bond acceptors (Lipinski definition) is 3. The van der Waals surface area contributed by atoms with Gasteiger partial charge < -0.3 is 10.6 Å². The molecule has 1 amide bonds. The van der Waals surface area contributed by atoms with E-state index >= 15 is 0 Å². The summed E-state index contributed by atoms with van der Waals surface area (Å²) in [6.07, 6.45) is -4.41. The second-order valence-corrected chi connectivity index (χ2v) is 5.98. The van der Waals surface area contributed by atoms with Gasteiger partial charge in [0.1, 0.15) is 5.82 Å². The Hall–Kier alpha value is -3.09. The molecule has 0 fully saturated rings. The van der Waals surface area contributed by atoms with Crippen molar-refractivity contribution in [2.45, 2.75) is 19.6 Å². The topological polar surface area (TPSA) is 54.0 Å². The molecule has 1 heterocycles. The first kappa shape index (κ1) is 18.7. The van der Waals surface area contributed by atoms with Gasteiger partial charge in [-0.3, -0.25) is 4.79 Å². The van der Waals surface area contributed by atoms with Crippen molar-refractivity contribution in [2.24, 2.45) is 0 Å². The summed E-state index contributed by atoms with van der Waals surface area (Å²) in [6.45, 7) is 2.57. The first-order valence-electron chi connectivity index (χ1n) is 8.46. The Morgan fingerprint density at radius 1 is 1.07 bits per heavy atom. The van der Waals surface area contributed by atoms with Crippen molar-refractivity contribution in [1.29, 1.82) is 0 Å². The number of fused-ring (bicyclic) bond motifs is 1. The van der Waals surface area contributed by atoms with Gasteiger partial charge >= 0.3 is 6.18 Å². The molecule has 0 atom stereocenters. The van der Waals surface area contributed by atoms with E-state index in [-0.39, 0.29) is 12.5 Å². The summed E-state index contributed by atoms with van der Waals surface area (Å²) in [5.41, 5.74) is 0.727. The molecule has 27 heavy (non-hydrogen) atoms. The average molecular weight is 373 g/mol. The summed E-state index contributed by atoms with van der Waals surface area (Å²) in [6, 6.07) is 13.8. The van der Waals surface area contributed by atoms with Gasteiger partial charge in [0.05, 0.1) is 16.6 Å². The van der Waals surface area contributed by atoms with E-state index < -0.39 is 11.7 Å². The number of carbonyl (C=O) groups is 1. The van der Waals surface area contributed by atoms with E-state index in [0.29, 0.717) is 34.4 Å². The molecule has 2 aromatic carbocycles. The van der Waals surface area contributed by atoms with Gasteiger partial charge in [0, 0.05) is 18.5 Å². The number of nitrogens with one attached hydrogen (secondary N) is 2. The summed E-state index contributed by atoms with van der Waals surface area (Å²) in [7, 11) is 0. The third-order valence-corrected chi connectivity index (χ3v) is 4.03. The van der Waals surface area contributed by atoms with Crippen molar-refractivity contribution in [3.63, 3.8) is 0 Å². The number of benzene rings is 2. The Kier molecular flexibility index (Phi) is 5.30. The smallest absolute Gasteiger partial charge is 0.370 e. The second-order valence-electron chi connectivity index (χ2n) is 5.98. The van der Waals surface area contributed by atoms with Crippen LogP contribution in [0.3, 0.4) is 0 Å². The number of para-hydroxylation sites is 1. The lowest BCUT2D eigenvalue weighted by molar-refractivity contribution is -0.137. The highest BCUT2D eigenvalue weighted by molar-refractivity contribution is 6.06. The molecule has 3 rings (SSSR count). The number of aromatic nitrogens is 1. The zero-order chi connectivity index (χ0) is 19.4. The minimum atomic E-state index is -4.41. The zero-order valence-corrected chi connectivity index (χ0v) is 14.6. The van der Waals surface area contributed by atoms with Gasteiger partial charge in [-0.15, -0.1) is 0 Å². The Morgan fingerprint density at radius 2 is 1.85 bits per heavy atom. The highest BCUT2D eigenvalue weighted by Crippen LogP contribution is 2.29. The van der Waals surface area contributed by atoms with Crippen molar-refractivity contribution in [2.75, 3.05) is 11.9 Å². The number of nitrogens with zero attached hydrogens (tertiary/aromatic N) is 1. The van der Waals surface area contributed by atoms with E-state index in [1.54, 1.807) is 30.3 Å². The molecule has 0 saturated heterocycles. The molecular weight excluding hydrogens is 355 g/mol. The van der Waals surface area contributed by atoms with E-state index in [1.165, 1.54) is 6.07 Å². The molecule has 0 saturated carbocycles. The molecule has 4 nitrogen and oxygen atoms in total. The molecule has 0 unspecified atom stereocenters. The lowest BCUT2D eigenvalue weighted by Gasteiger charge is -2.12. The first-order chi connectivity index (χ1) is 12.9. The third kappa shape index (κ3) is 4.36. The standard InChI is InChI=1S/C20H18F3N3O/c1-2-24-18-11-16(15-8-3-4-9-17(15)26-18)19(27)25-12-13-6-5-7-14(10-13)20(21,22)23/h3-11H,2,12H2,1H3,(H,24,26)(H,25,27). The first-order valence-corrected chi connectivity index (χ1v) is 8.46. The lowest BCUT2D eigenvalue weighted by atomic mass is 10.1. The maximum Gasteiger partial charge on any atom is 0.416 e. The Balaban J connectivity index is 1.84. The van der Waals surface area contributed by atoms with Crippen LogP contribution in [0.4, 0.5) is 19.0 Å². The summed E-state index contributed by atoms with van der Waals surface area (Å²) >= 11 is 0. The Bertz CT molecular complexity index is 970. The Labute approximate surface area is 154 Å². The van der Waals surface area contributed by atoms with Crippen LogP contribution in [0.15, 0.2) is 54.6 Å². The molecule has 0 spiro atoms. The molecule has 0 aliphatic carbocycles. The van der Waals surface area contributed by atoms with Crippen LogP contribution >= 0.6 is 0 Å². The minimum absolute atomic E-state index is 0.00403. The molecule has 7 heteroatoms.